The summed E-state index contributed by atoms with van der Waals surface area (Å²) in [5.41, 5.74) is 26.4. The van der Waals surface area contributed by atoms with Crippen LogP contribution >= 0.6 is 0 Å². The Morgan fingerprint density at radius 3 is 1.70 bits per heavy atom. The molecule has 1 heterocycles. The Morgan fingerprint density at radius 2 is 0.955 bits per heavy atom. The van der Waals surface area contributed by atoms with Gasteiger partial charge in [-0.2, -0.15) is 0 Å². The molecule has 1 aromatic heterocycles. The van der Waals surface area contributed by atoms with Crippen LogP contribution in [0.15, 0.2) is 230 Å². The van der Waals surface area contributed by atoms with Crippen molar-refractivity contribution in [3.8, 4) is 44.5 Å². The van der Waals surface area contributed by atoms with Crippen LogP contribution in [0.3, 0.4) is 0 Å². The number of anilines is 3. The largest absolute Gasteiger partial charge is 0.355 e. The number of allylic oxidation sites excluding steroid dienone is 6. The first kappa shape index (κ1) is 38.1. The third-order valence-electron chi connectivity index (χ3n) is 15.5. The van der Waals surface area contributed by atoms with Gasteiger partial charge in [0.2, 0.25) is 0 Å². The summed E-state index contributed by atoms with van der Waals surface area (Å²) in [6.07, 6.45) is 10.0. The number of rotatable bonds is 5. The Hall–Kier alpha value is -8.20. The first-order valence-corrected chi connectivity index (χ1v) is 23.6. The minimum Gasteiger partial charge on any atom is -0.355 e. The highest BCUT2D eigenvalue weighted by atomic mass is 15.1. The van der Waals surface area contributed by atoms with Crippen LogP contribution in [0, 0.1) is 0 Å². The Balaban J connectivity index is 0.896. The van der Waals surface area contributed by atoms with E-state index in [1.807, 2.05) is 0 Å². The molecule has 1 N–H and O–H groups in total. The molecular formula is C65H46N2. The highest BCUT2D eigenvalue weighted by molar-refractivity contribution is 6.11. The van der Waals surface area contributed by atoms with Crippen molar-refractivity contribution in [3.63, 3.8) is 0 Å². The van der Waals surface area contributed by atoms with Gasteiger partial charge in [0.15, 0.2) is 0 Å². The fourth-order valence-corrected chi connectivity index (χ4v) is 12.4. The van der Waals surface area contributed by atoms with E-state index in [9.17, 15) is 0 Å². The van der Waals surface area contributed by atoms with Crippen molar-refractivity contribution in [2.75, 3.05) is 4.90 Å². The smallest absolute Gasteiger partial charge is 0.0722 e. The normalized spacial score (nSPS) is 16.7. The highest BCUT2D eigenvalue weighted by Gasteiger charge is 2.52. The van der Waals surface area contributed by atoms with Gasteiger partial charge < -0.3 is 9.88 Å². The SMILES string of the molecule is CC1(C)c2ccccc2-c2cc3c(cc21)[nH]c1ccc(-c2ccc(N(c4ccc(-c5ccccc5)cc4)c4ccc5c(c4)-c4ccccc4C54C5=C(CC=CC=C5)c5ccccc54)cc2)cc13. The molecule has 1 unspecified atom stereocenters. The van der Waals surface area contributed by atoms with Crippen LogP contribution in [0.1, 0.15) is 53.6 Å². The third-order valence-corrected chi connectivity index (χ3v) is 15.5. The van der Waals surface area contributed by atoms with Crippen LogP contribution < -0.4 is 4.90 Å². The van der Waals surface area contributed by atoms with Gasteiger partial charge in [-0.3, -0.25) is 0 Å². The van der Waals surface area contributed by atoms with Gasteiger partial charge in [-0.05, 0) is 156 Å². The number of aromatic nitrogens is 1. The minimum absolute atomic E-state index is 0.0391. The van der Waals surface area contributed by atoms with Gasteiger partial charge in [-0.1, -0.05) is 178 Å². The molecule has 4 aliphatic rings. The standard InChI is InChI=1S/C65H46N2/c1-64(2)56-21-12-9-19-50(56)53-39-55-54-37-44(29-36-62(54)66-63(55)40-61(53)64)43-27-32-46(33-28-43)67(45-30-25-42(26-31-45)41-15-5-3-6-16-41)47-34-35-60-52(38-47)51-20-11-14-24-59(51)65(60)57-22-8-4-7-17-48(57)49-18-10-13-23-58(49)65/h3-16,18-40,66H,17H2,1-2H3. The molecule has 0 aliphatic heterocycles. The number of benzene rings is 9. The second kappa shape index (κ2) is 14.1. The molecule has 0 fully saturated rings. The molecule has 1 spiro atoms. The van der Waals surface area contributed by atoms with Crippen LogP contribution in [0.4, 0.5) is 17.1 Å². The molecule has 9 aromatic carbocycles. The summed E-state index contributed by atoms with van der Waals surface area (Å²) < 4.78 is 0. The molecule has 0 saturated carbocycles. The molecule has 0 radical (unpaired) electrons. The molecule has 316 valence electrons. The van der Waals surface area contributed by atoms with Crippen molar-refractivity contribution in [2.24, 2.45) is 0 Å². The van der Waals surface area contributed by atoms with Crippen molar-refractivity contribution in [3.05, 3.63) is 263 Å². The summed E-state index contributed by atoms with van der Waals surface area (Å²) in [6.45, 7) is 4.70. The molecule has 10 aromatic rings. The monoisotopic (exact) mass is 854 g/mol. The maximum absolute atomic E-state index is 3.77. The summed E-state index contributed by atoms with van der Waals surface area (Å²) in [5.74, 6) is 0. The van der Waals surface area contributed by atoms with Crippen molar-refractivity contribution < 1.29 is 0 Å². The van der Waals surface area contributed by atoms with Crippen LogP contribution in [-0.2, 0) is 10.8 Å². The van der Waals surface area contributed by atoms with E-state index in [4.69, 9.17) is 0 Å². The van der Waals surface area contributed by atoms with Crippen LogP contribution in [0.25, 0.3) is 71.9 Å². The predicted molar refractivity (Wildman–Crippen MR) is 281 cm³/mol. The number of nitrogens with one attached hydrogen (secondary N) is 1. The van der Waals surface area contributed by atoms with E-state index >= 15 is 0 Å². The molecule has 0 amide bonds. The maximum Gasteiger partial charge on any atom is 0.0722 e. The van der Waals surface area contributed by atoms with Gasteiger partial charge in [0.05, 0.1) is 5.41 Å². The second-order valence-electron chi connectivity index (χ2n) is 19.2. The van der Waals surface area contributed by atoms with Crippen LogP contribution in [0.5, 0.6) is 0 Å². The number of hydrogen-bond acceptors (Lipinski definition) is 1. The fraction of sp³-hybridized carbons (Fsp3) is 0.0769. The Kier molecular flexibility index (Phi) is 8.05. The topological polar surface area (TPSA) is 19.0 Å². The fourth-order valence-electron chi connectivity index (χ4n) is 12.4. The van der Waals surface area contributed by atoms with E-state index in [0.29, 0.717) is 0 Å². The Bertz CT molecular complexity index is 3780. The van der Waals surface area contributed by atoms with Gasteiger partial charge in [0.25, 0.3) is 0 Å². The lowest BCUT2D eigenvalue weighted by atomic mass is 9.69. The number of nitrogens with zero attached hydrogens (tertiary/aromatic N) is 1. The molecule has 0 saturated heterocycles. The van der Waals surface area contributed by atoms with E-state index in [0.717, 1.165) is 29.0 Å². The summed E-state index contributed by atoms with van der Waals surface area (Å²) in [6, 6.07) is 74.9. The van der Waals surface area contributed by atoms with Gasteiger partial charge in [-0.25, -0.2) is 0 Å². The minimum atomic E-state index is -0.379. The lowest BCUT2D eigenvalue weighted by Crippen LogP contribution is -2.26. The molecule has 14 rings (SSSR count). The average molecular weight is 855 g/mol. The average Bonchev–Trinajstić information content (AvgIpc) is 3.97. The van der Waals surface area contributed by atoms with Crippen molar-refractivity contribution >= 4 is 44.4 Å². The van der Waals surface area contributed by atoms with Gasteiger partial charge in [-0.15, -0.1) is 0 Å². The number of H-pyrrole nitrogens is 1. The summed E-state index contributed by atoms with van der Waals surface area (Å²) in [4.78, 5) is 6.20. The zero-order valence-corrected chi connectivity index (χ0v) is 37.5. The van der Waals surface area contributed by atoms with Gasteiger partial charge in [0, 0.05) is 44.3 Å². The zero-order chi connectivity index (χ0) is 44.4. The molecule has 4 aliphatic carbocycles. The van der Waals surface area contributed by atoms with Gasteiger partial charge >= 0.3 is 0 Å². The summed E-state index contributed by atoms with van der Waals surface area (Å²) in [7, 11) is 0. The Morgan fingerprint density at radius 1 is 0.403 bits per heavy atom. The molecule has 2 heteroatoms. The van der Waals surface area contributed by atoms with E-state index in [2.05, 4.69) is 248 Å². The quantitative estimate of drug-likeness (QED) is 0.183. The predicted octanol–water partition coefficient (Wildman–Crippen LogP) is 17.0. The molecule has 67 heavy (non-hydrogen) atoms. The molecule has 2 nitrogen and oxygen atoms in total. The molecule has 1 atom stereocenters. The van der Waals surface area contributed by atoms with Crippen LogP contribution in [-0.4, -0.2) is 4.98 Å². The van der Waals surface area contributed by atoms with Gasteiger partial charge in [0.1, 0.15) is 0 Å². The molecule has 0 bridgehead atoms. The summed E-state index contributed by atoms with van der Waals surface area (Å²) in [5, 5.41) is 2.52. The number of hydrogen-bond donors (Lipinski definition) is 1. The van der Waals surface area contributed by atoms with E-state index in [-0.39, 0.29) is 10.8 Å². The van der Waals surface area contributed by atoms with Crippen molar-refractivity contribution in [1.82, 2.24) is 4.98 Å². The zero-order valence-electron chi connectivity index (χ0n) is 37.5. The summed E-state index contributed by atoms with van der Waals surface area (Å²) >= 11 is 0. The van der Waals surface area contributed by atoms with Crippen molar-refractivity contribution in [2.45, 2.75) is 31.1 Å². The lowest BCUT2D eigenvalue weighted by molar-refractivity contribution is 0.661. The number of fused-ring (bicyclic) bond motifs is 15. The Labute approximate surface area is 391 Å². The first-order valence-electron chi connectivity index (χ1n) is 23.6. The van der Waals surface area contributed by atoms with Crippen LogP contribution in [0.2, 0.25) is 0 Å². The maximum atomic E-state index is 3.77. The van der Waals surface area contributed by atoms with E-state index in [1.165, 1.54) is 105 Å². The second-order valence-corrected chi connectivity index (χ2v) is 19.2. The van der Waals surface area contributed by atoms with E-state index in [1.54, 1.807) is 0 Å². The van der Waals surface area contributed by atoms with E-state index < -0.39 is 0 Å². The highest BCUT2D eigenvalue weighted by Crippen LogP contribution is 2.63. The third kappa shape index (κ3) is 5.39. The lowest BCUT2D eigenvalue weighted by Gasteiger charge is -2.32. The number of aromatic amines is 1. The van der Waals surface area contributed by atoms with Crippen molar-refractivity contribution in [1.29, 1.82) is 0 Å². The first-order chi connectivity index (χ1) is 33.0. The molecular weight excluding hydrogens is 809 g/mol.